The lowest BCUT2D eigenvalue weighted by Crippen LogP contribution is -2.59. The molecule has 0 saturated heterocycles. The maximum atomic E-state index is 13.5. The number of rotatable bonds is 13. The summed E-state index contributed by atoms with van der Waals surface area (Å²) in [6.45, 7) is 14.8. The summed E-state index contributed by atoms with van der Waals surface area (Å²) in [6.07, 6.45) is 6.72. The van der Waals surface area contributed by atoms with Gasteiger partial charge in [0, 0.05) is 27.1 Å². The Balaban J connectivity index is 5.63. The molecule has 174 valence electrons. The molecule has 4 unspecified atom stereocenters. The second-order valence-corrected chi connectivity index (χ2v) is 9.22. The Hall–Kier alpha value is -1.58. The van der Waals surface area contributed by atoms with Crippen LogP contribution >= 0.6 is 0 Å². The molecule has 0 aromatic heterocycles. The molecule has 6 nitrogen and oxygen atoms in total. The van der Waals surface area contributed by atoms with Gasteiger partial charge in [-0.3, -0.25) is 14.5 Å². The maximum Gasteiger partial charge on any atom is 0.245 e. The second-order valence-electron chi connectivity index (χ2n) is 9.22. The Morgan fingerprint density at radius 1 is 1.03 bits per heavy atom. The molecule has 30 heavy (non-hydrogen) atoms. The normalized spacial score (nSPS) is 15.8. The molecular weight excluding hydrogens is 378 g/mol. The molecular formula is C24H45N3O3. The van der Waals surface area contributed by atoms with Gasteiger partial charge in [-0.05, 0) is 31.2 Å². The molecule has 0 saturated carbocycles. The molecule has 0 aromatic rings. The monoisotopic (exact) mass is 423 g/mol. The minimum Gasteiger partial charge on any atom is -0.379 e. The largest absolute Gasteiger partial charge is 0.379 e. The third-order valence-electron chi connectivity index (χ3n) is 5.78. The van der Waals surface area contributed by atoms with Crippen LogP contribution in [0.4, 0.5) is 0 Å². The van der Waals surface area contributed by atoms with Gasteiger partial charge in [0.1, 0.15) is 6.04 Å². The molecule has 0 spiro atoms. The molecule has 0 radical (unpaired) electrons. The van der Waals surface area contributed by atoms with E-state index in [2.05, 4.69) is 32.0 Å². The molecule has 0 aliphatic rings. The average Bonchev–Trinajstić information content (AvgIpc) is 2.66. The molecule has 1 N–H and O–H groups in total. The first-order valence-electron chi connectivity index (χ1n) is 11.2. The van der Waals surface area contributed by atoms with Gasteiger partial charge in [0.15, 0.2) is 0 Å². The van der Waals surface area contributed by atoms with E-state index in [-0.39, 0.29) is 47.8 Å². The Morgan fingerprint density at radius 3 is 1.97 bits per heavy atom. The van der Waals surface area contributed by atoms with Gasteiger partial charge in [0.05, 0.1) is 18.2 Å². The predicted octanol–water partition coefficient (Wildman–Crippen LogP) is 3.01. The van der Waals surface area contributed by atoms with Crippen LogP contribution in [0.5, 0.6) is 0 Å². The molecule has 2 amide bonds. The number of hydrogen-bond donors (Lipinski definition) is 1. The van der Waals surface area contributed by atoms with Crippen molar-refractivity contribution in [3.8, 4) is 12.3 Å². The van der Waals surface area contributed by atoms with Crippen LogP contribution < -0.4 is 5.32 Å². The molecule has 0 bridgehead atoms. The van der Waals surface area contributed by atoms with Crippen LogP contribution in [0.1, 0.15) is 61.3 Å². The number of nitrogens with zero attached hydrogens (tertiary/aromatic N) is 2. The average molecular weight is 424 g/mol. The second kappa shape index (κ2) is 13.7. The van der Waals surface area contributed by atoms with Crippen LogP contribution in [0.15, 0.2) is 0 Å². The summed E-state index contributed by atoms with van der Waals surface area (Å²) in [7, 11) is 5.40. The first kappa shape index (κ1) is 28.4. The molecule has 0 fully saturated rings. The van der Waals surface area contributed by atoms with Crippen molar-refractivity contribution in [2.75, 3.05) is 27.7 Å². The van der Waals surface area contributed by atoms with Gasteiger partial charge < -0.3 is 15.0 Å². The minimum absolute atomic E-state index is 0.0387. The third kappa shape index (κ3) is 7.92. The van der Waals surface area contributed by atoms with Crippen LogP contribution in [0.2, 0.25) is 0 Å². The van der Waals surface area contributed by atoms with Crippen molar-refractivity contribution >= 4 is 11.8 Å². The molecule has 4 atom stereocenters. The number of carbonyl (C=O) groups is 2. The lowest BCUT2D eigenvalue weighted by atomic mass is 9.93. The summed E-state index contributed by atoms with van der Waals surface area (Å²) in [5.74, 6) is 2.69. The summed E-state index contributed by atoms with van der Waals surface area (Å²) in [5, 5.41) is 3.04. The maximum absolute atomic E-state index is 13.5. The van der Waals surface area contributed by atoms with Crippen LogP contribution in [0.25, 0.3) is 0 Å². The zero-order valence-corrected chi connectivity index (χ0v) is 20.9. The number of amides is 2. The number of likely N-dealkylation sites (N-methyl/N-ethyl adjacent to an activating group) is 2. The fraction of sp³-hybridized carbons (Fsp3) is 0.833. The van der Waals surface area contributed by atoms with Crippen LogP contribution in [-0.2, 0) is 14.3 Å². The van der Waals surface area contributed by atoms with Crippen LogP contribution in [0, 0.1) is 30.1 Å². The highest BCUT2D eigenvalue weighted by Gasteiger charge is 2.37. The van der Waals surface area contributed by atoms with E-state index in [1.165, 1.54) is 0 Å². The summed E-state index contributed by atoms with van der Waals surface area (Å²) in [5.41, 5.74) is 0. The molecule has 0 aromatic carbocycles. The van der Waals surface area contributed by atoms with Gasteiger partial charge in [-0.2, -0.15) is 0 Å². The lowest BCUT2D eigenvalue weighted by Gasteiger charge is -2.39. The molecule has 6 heteroatoms. The minimum atomic E-state index is -0.597. The van der Waals surface area contributed by atoms with Crippen molar-refractivity contribution in [2.45, 2.75) is 85.5 Å². The molecule has 0 heterocycles. The van der Waals surface area contributed by atoms with E-state index in [0.29, 0.717) is 13.0 Å². The van der Waals surface area contributed by atoms with Crippen molar-refractivity contribution in [2.24, 2.45) is 17.8 Å². The molecule has 0 aliphatic heterocycles. The van der Waals surface area contributed by atoms with E-state index in [4.69, 9.17) is 11.2 Å². The number of hydrogen-bond acceptors (Lipinski definition) is 4. The van der Waals surface area contributed by atoms with Crippen molar-refractivity contribution in [1.29, 1.82) is 0 Å². The number of nitrogens with one attached hydrogen (secondary N) is 1. The lowest BCUT2D eigenvalue weighted by molar-refractivity contribution is -0.143. The number of methoxy groups -OCH3 is 1. The van der Waals surface area contributed by atoms with Crippen molar-refractivity contribution in [3.63, 3.8) is 0 Å². The van der Waals surface area contributed by atoms with Gasteiger partial charge >= 0.3 is 0 Å². The van der Waals surface area contributed by atoms with Crippen molar-refractivity contribution < 1.29 is 14.3 Å². The van der Waals surface area contributed by atoms with E-state index in [9.17, 15) is 9.59 Å². The fourth-order valence-electron chi connectivity index (χ4n) is 4.18. The zero-order chi connectivity index (χ0) is 23.6. The van der Waals surface area contributed by atoms with E-state index in [1.807, 2.05) is 46.7 Å². The Labute approximate surface area is 185 Å². The number of carbonyl (C=O) groups excluding carboxylic acids is 2. The summed E-state index contributed by atoms with van der Waals surface area (Å²) >= 11 is 0. The number of ether oxygens (including phenoxy) is 1. The molecule has 0 aliphatic carbocycles. The van der Waals surface area contributed by atoms with E-state index < -0.39 is 6.04 Å². The third-order valence-corrected chi connectivity index (χ3v) is 5.78. The Bertz CT molecular complexity index is 565. The topological polar surface area (TPSA) is 61.9 Å². The quantitative estimate of drug-likeness (QED) is 0.463. The predicted molar refractivity (Wildman–Crippen MR) is 124 cm³/mol. The Morgan fingerprint density at radius 2 is 1.60 bits per heavy atom. The molecule has 0 rings (SSSR count). The van der Waals surface area contributed by atoms with Crippen molar-refractivity contribution in [1.82, 2.24) is 15.1 Å². The standard InChI is InChI=1S/C24H45N3O3/c1-12-14-15-26(9)22(18(7)8)23(28)25-20(16(3)4)24(29)27(10)21(17(5)6)19(13-2)30-11/h1,16-22H,13-15H2,2-11H3,(H,25,28). The number of terminal acetylenes is 1. The van der Waals surface area contributed by atoms with E-state index in [1.54, 1.807) is 12.0 Å². The van der Waals surface area contributed by atoms with Crippen LogP contribution in [0.3, 0.4) is 0 Å². The summed E-state index contributed by atoms with van der Waals surface area (Å²) < 4.78 is 5.65. The Kier molecular flexibility index (Phi) is 12.9. The summed E-state index contributed by atoms with van der Waals surface area (Å²) in [6, 6.07) is -1.01. The SMILES string of the molecule is C#CCCN(C)C(C(=O)NC(C(=O)N(C)C(C(C)C)C(CC)OC)C(C)C)C(C)C. The van der Waals surface area contributed by atoms with Gasteiger partial charge in [0.25, 0.3) is 0 Å². The summed E-state index contributed by atoms with van der Waals surface area (Å²) in [4.78, 5) is 30.4. The first-order chi connectivity index (χ1) is 13.9. The van der Waals surface area contributed by atoms with Gasteiger partial charge in [-0.15, -0.1) is 12.3 Å². The highest BCUT2D eigenvalue weighted by Crippen LogP contribution is 2.21. The van der Waals surface area contributed by atoms with Gasteiger partial charge in [-0.25, -0.2) is 0 Å². The van der Waals surface area contributed by atoms with Gasteiger partial charge in [0.2, 0.25) is 11.8 Å². The fourth-order valence-corrected chi connectivity index (χ4v) is 4.18. The highest BCUT2D eigenvalue weighted by molar-refractivity contribution is 5.90. The first-order valence-corrected chi connectivity index (χ1v) is 11.2. The van der Waals surface area contributed by atoms with E-state index in [0.717, 1.165) is 6.42 Å². The van der Waals surface area contributed by atoms with Gasteiger partial charge in [-0.1, -0.05) is 48.5 Å². The van der Waals surface area contributed by atoms with Crippen LogP contribution in [-0.4, -0.2) is 73.6 Å². The zero-order valence-electron chi connectivity index (χ0n) is 20.9. The van der Waals surface area contributed by atoms with Crippen molar-refractivity contribution in [3.05, 3.63) is 0 Å². The smallest absolute Gasteiger partial charge is 0.245 e. The highest BCUT2D eigenvalue weighted by atomic mass is 16.5. The van der Waals surface area contributed by atoms with E-state index >= 15 is 0 Å².